The van der Waals surface area contributed by atoms with Gasteiger partial charge in [0.2, 0.25) is 5.88 Å². The number of alkyl halides is 5. The van der Waals surface area contributed by atoms with Crippen molar-refractivity contribution in [2.75, 3.05) is 0 Å². The molecule has 10 nitrogen and oxygen atoms in total. The van der Waals surface area contributed by atoms with Crippen molar-refractivity contribution in [3.63, 3.8) is 0 Å². The number of imidazole rings is 3. The Morgan fingerprint density at radius 1 is 1.02 bits per heavy atom. The minimum Gasteiger partial charge on any atom is -0.416 e. The van der Waals surface area contributed by atoms with Crippen LogP contribution in [0.4, 0.5) is 22.0 Å². The van der Waals surface area contributed by atoms with Gasteiger partial charge in [-0.1, -0.05) is 24.3 Å². The summed E-state index contributed by atoms with van der Waals surface area (Å²) in [6.07, 6.45) is 4.19. The Hall–Kier alpha value is -4.95. The number of halogens is 5. The van der Waals surface area contributed by atoms with Gasteiger partial charge in [-0.05, 0) is 18.4 Å². The van der Waals surface area contributed by atoms with E-state index in [9.17, 15) is 22.0 Å². The number of aromatic nitrogens is 9. The molecule has 0 saturated heterocycles. The zero-order chi connectivity index (χ0) is 29.2. The lowest BCUT2D eigenvalue weighted by Gasteiger charge is -2.12. The molecule has 15 heteroatoms. The first kappa shape index (κ1) is 26.0. The quantitative estimate of drug-likeness (QED) is 0.230. The van der Waals surface area contributed by atoms with Gasteiger partial charge in [-0.15, -0.1) is 0 Å². The highest BCUT2D eigenvalue weighted by molar-refractivity contribution is 5.80. The summed E-state index contributed by atoms with van der Waals surface area (Å²) >= 11 is 0. The number of ether oxygens (including phenoxy) is 1. The van der Waals surface area contributed by atoms with Gasteiger partial charge in [-0.2, -0.15) is 22.0 Å². The first-order chi connectivity index (χ1) is 20.2. The lowest BCUT2D eigenvalue weighted by molar-refractivity contribution is -0.140. The summed E-state index contributed by atoms with van der Waals surface area (Å²) in [5.41, 5.74) is 3.03. The van der Waals surface area contributed by atoms with Crippen LogP contribution in [0, 0.1) is 0 Å². The van der Waals surface area contributed by atoms with Crippen LogP contribution < -0.4 is 4.74 Å². The van der Waals surface area contributed by atoms with Crippen LogP contribution in [0.3, 0.4) is 0 Å². The van der Waals surface area contributed by atoms with Crippen LogP contribution in [0.5, 0.6) is 5.88 Å². The minimum absolute atomic E-state index is 0.0818. The van der Waals surface area contributed by atoms with Gasteiger partial charge >= 0.3 is 12.8 Å². The molecule has 42 heavy (non-hydrogen) atoms. The number of hydrogen-bond donors (Lipinski definition) is 0. The second-order valence-electron chi connectivity index (χ2n) is 9.96. The number of hydrogen-bond acceptors (Lipinski definition) is 7. The molecular weight excluding hydrogens is 561 g/mol. The van der Waals surface area contributed by atoms with E-state index in [0.29, 0.717) is 34.6 Å². The number of rotatable bonds is 7. The van der Waals surface area contributed by atoms with Gasteiger partial charge in [-0.25, -0.2) is 29.9 Å². The number of fused-ring (bicyclic) bond motifs is 3. The summed E-state index contributed by atoms with van der Waals surface area (Å²) < 4.78 is 75.6. The van der Waals surface area contributed by atoms with Crippen LogP contribution in [0.15, 0.2) is 55.5 Å². The fourth-order valence-corrected chi connectivity index (χ4v) is 5.04. The predicted molar refractivity (Wildman–Crippen MR) is 139 cm³/mol. The van der Waals surface area contributed by atoms with E-state index in [-0.39, 0.29) is 29.0 Å². The van der Waals surface area contributed by atoms with E-state index in [1.807, 2.05) is 4.57 Å². The second kappa shape index (κ2) is 9.56. The lowest BCUT2D eigenvalue weighted by atomic mass is 10.1. The molecular formula is C27H20F5N9O. The highest BCUT2D eigenvalue weighted by Gasteiger charge is 2.35. The highest BCUT2D eigenvalue weighted by atomic mass is 19.4. The number of benzene rings is 1. The van der Waals surface area contributed by atoms with Crippen LogP contribution in [0.25, 0.3) is 39.6 Å². The van der Waals surface area contributed by atoms with Crippen LogP contribution in [0.1, 0.15) is 35.7 Å². The average Bonchev–Trinajstić information content (AvgIpc) is 3.43. The molecule has 0 bridgehead atoms. The Morgan fingerprint density at radius 3 is 2.50 bits per heavy atom. The Balaban J connectivity index is 1.29. The Bertz CT molecular complexity index is 1940. The van der Waals surface area contributed by atoms with Gasteiger partial charge in [0, 0.05) is 24.7 Å². The van der Waals surface area contributed by atoms with Crippen LogP contribution >= 0.6 is 0 Å². The average molecular weight is 582 g/mol. The fourth-order valence-electron chi connectivity index (χ4n) is 5.04. The van der Waals surface area contributed by atoms with Crippen LogP contribution in [0.2, 0.25) is 0 Å². The second-order valence-corrected chi connectivity index (χ2v) is 9.96. The summed E-state index contributed by atoms with van der Waals surface area (Å²) in [4.78, 5) is 25.5. The fraction of sp³-hybridized carbons (Fsp3) is 0.259. The molecule has 1 fully saturated rings. The van der Waals surface area contributed by atoms with Gasteiger partial charge in [0.15, 0.2) is 17.2 Å². The molecule has 7 rings (SSSR count). The maximum absolute atomic E-state index is 13.2. The molecule has 0 spiro atoms. The normalized spacial score (nSPS) is 14.0. The first-order valence-electron chi connectivity index (χ1n) is 12.8. The van der Waals surface area contributed by atoms with Crippen molar-refractivity contribution in [2.45, 2.75) is 38.1 Å². The van der Waals surface area contributed by atoms with E-state index in [0.717, 1.165) is 24.6 Å². The smallest absolute Gasteiger partial charge is 0.416 e. The van der Waals surface area contributed by atoms with E-state index in [4.69, 9.17) is 9.72 Å². The third-order valence-electron chi connectivity index (χ3n) is 7.11. The SMILES string of the molecule is Cn1cc(C(F)(F)F)nc1-c1ccc(Cn2c3nc(-c4c(OC(F)F)ncnc4C4CC4)ncc3n3cncc23)cc1. The maximum Gasteiger partial charge on any atom is 0.434 e. The summed E-state index contributed by atoms with van der Waals surface area (Å²) in [5, 5.41) is 0. The monoisotopic (exact) mass is 581 g/mol. The molecule has 1 aliphatic carbocycles. The molecule has 1 saturated carbocycles. The molecule has 5 heterocycles. The topological polar surface area (TPSA) is 101 Å². The van der Waals surface area contributed by atoms with E-state index in [1.165, 1.54) is 17.9 Å². The van der Waals surface area contributed by atoms with E-state index in [2.05, 4.69) is 24.9 Å². The van der Waals surface area contributed by atoms with Crippen LogP contribution in [-0.4, -0.2) is 50.1 Å². The molecule has 0 N–H and O–H groups in total. The predicted octanol–water partition coefficient (Wildman–Crippen LogP) is 5.48. The van der Waals surface area contributed by atoms with Gasteiger partial charge in [0.25, 0.3) is 0 Å². The molecule has 0 radical (unpaired) electrons. The van der Waals surface area contributed by atoms with Crippen molar-refractivity contribution >= 4 is 16.8 Å². The summed E-state index contributed by atoms with van der Waals surface area (Å²) in [5.74, 6) is 0.139. The van der Waals surface area contributed by atoms with Crippen molar-refractivity contribution in [1.29, 1.82) is 0 Å². The Labute approximate surface area is 233 Å². The van der Waals surface area contributed by atoms with Gasteiger partial charge < -0.3 is 13.9 Å². The van der Waals surface area contributed by atoms with Crippen molar-refractivity contribution < 1.29 is 26.7 Å². The number of nitrogens with zero attached hydrogens (tertiary/aromatic N) is 9. The van der Waals surface area contributed by atoms with E-state index < -0.39 is 18.5 Å². The van der Waals surface area contributed by atoms with Gasteiger partial charge in [-0.3, -0.25) is 4.40 Å². The standard InChI is InChI=1S/C27H20F5N9O/c1-39-11-18(27(30,31)32)37-23(39)16-4-2-14(3-5-16)10-40-19-9-33-13-41(19)17-8-34-22(38-24(17)40)20-21(15-6-7-15)35-12-36-25(20)42-26(28)29/h2-5,8-9,11-13,15,26H,6-7,10H2,1H3. The third-order valence-corrected chi connectivity index (χ3v) is 7.11. The largest absolute Gasteiger partial charge is 0.434 e. The first-order valence-corrected chi connectivity index (χ1v) is 12.8. The summed E-state index contributed by atoms with van der Waals surface area (Å²) in [7, 11) is 1.51. The third kappa shape index (κ3) is 4.50. The van der Waals surface area contributed by atoms with Crippen molar-refractivity contribution in [2.24, 2.45) is 7.05 Å². The van der Waals surface area contributed by atoms with Gasteiger partial charge in [0.05, 0.1) is 24.6 Å². The maximum atomic E-state index is 13.2. The Kier molecular flexibility index (Phi) is 5.92. The minimum atomic E-state index is -4.54. The van der Waals surface area contributed by atoms with Gasteiger partial charge in [0.1, 0.15) is 35.2 Å². The molecule has 0 amide bonds. The molecule has 0 aliphatic heterocycles. The molecule has 0 atom stereocenters. The summed E-state index contributed by atoms with van der Waals surface area (Å²) in [6, 6.07) is 7.00. The molecule has 0 unspecified atom stereocenters. The summed E-state index contributed by atoms with van der Waals surface area (Å²) in [6.45, 7) is -2.76. The van der Waals surface area contributed by atoms with Crippen molar-refractivity contribution in [1.82, 2.24) is 43.4 Å². The highest BCUT2D eigenvalue weighted by Crippen LogP contribution is 2.45. The number of aryl methyl sites for hydroxylation is 1. The van der Waals surface area contributed by atoms with Crippen molar-refractivity contribution in [3.05, 3.63) is 72.5 Å². The molecule has 6 aromatic rings. The molecule has 1 aliphatic rings. The Morgan fingerprint density at radius 2 is 1.81 bits per heavy atom. The zero-order valence-electron chi connectivity index (χ0n) is 21.8. The zero-order valence-corrected chi connectivity index (χ0v) is 21.8. The van der Waals surface area contributed by atoms with Crippen molar-refractivity contribution in [3.8, 4) is 28.7 Å². The molecule has 214 valence electrons. The van der Waals surface area contributed by atoms with Crippen LogP contribution in [-0.2, 0) is 19.8 Å². The lowest BCUT2D eigenvalue weighted by Crippen LogP contribution is -2.09. The van der Waals surface area contributed by atoms with E-state index >= 15 is 0 Å². The van der Waals surface area contributed by atoms with E-state index in [1.54, 1.807) is 47.4 Å². The molecule has 1 aromatic carbocycles. The molecule has 5 aromatic heterocycles.